The molecule has 0 saturated heterocycles. The van der Waals surface area contributed by atoms with Crippen molar-refractivity contribution in [2.75, 3.05) is 6.61 Å². The normalized spacial score (nSPS) is 14.5. The Bertz CT molecular complexity index is 716. The molecule has 1 aromatic carbocycles. The van der Waals surface area contributed by atoms with Gasteiger partial charge in [0.25, 0.3) is 5.56 Å². The quantitative estimate of drug-likeness (QED) is 0.800. The van der Waals surface area contributed by atoms with Gasteiger partial charge >= 0.3 is 0 Å². The van der Waals surface area contributed by atoms with Gasteiger partial charge in [-0.25, -0.2) is 0 Å². The minimum absolute atomic E-state index is 0.0192. The summed E-state index contributed by atoms with van der Waals surface area (Å²) in [7, 11) is 0. The largest absolute Gasteiger partial charge is 0.491 e. The number of ether oxygens (including phenoxy) is 1. The maximum absolute atomic E-state index is 12.6. The highest BCUT2D eigenvalue weighted by Crippen LogP contribution is 2.31. The fraction of sp³-hybridized carbons (Fsp3) is 0.500. The molecule has 1 aliphatic rings. The minimum Gasteiger partial charge on any atom is -0.491 e. The van der Waals surface area contributed by atoms with Crippen molar-refractivity contribution in [3.8, 4) is 5.75 Å². The molecule has 4 heteroatoms. The molecule has 1 heterocycles. The summed E-state index contributed by atoms with van der Waals surface area (Å²) in [6.07, 6.45) is 7.54. The third-order valence-electron chi connectivity index (χ3n) is 4.11. The Morgan fingerprint density at radius 3 is 2.86 bits per heavy atom. The van der Waals surface area contributed by atoms with Crippen LogP contribution in [0.4, 0.5) is 0 Å². The second-order valence-electron chi connectivity index (χ2n) is 6.04. The molecular weight excluding hydrogens is 278 g/mol. The van der Waals surface area contributed by atoms with Gasteiger partial charge in [0.2, 0.25) is 0 Å². The van der Waals surface area contributed by atoms with E-state index in [1.54, 1.807) is 16.7 Å². The van der Waals surface area contributed by atoms with E-state index in [4.69, 9.17) is 4.74 Å². The molecule has 3 rings (SSSR count). The average molecular weight is 300 g/mol. The number of unbranched alkanes of at least 4 members (excludes halogenated alkanes) is 1. The summed E-state index contributed by atoms with van der Waals surface area (Å²) >= 11 is 0. The summed E-state index contributed by atoms with van der Waals surface area (Å²) in [5.74, 6) is 1.23. The van der Waals surface area contributed by atoms with Crippen molar-refractivity contribution in [3.05, 3.63) is 40.3 Å². The first kappa shape index (κ1) is 15.1. The number of aliphatic hydroxyl groups excluding tert-OH is 1. The maximum atomic E-state index is 12.6. The number of aromatic nitrogens is 1. The van der Waals surface area contributed by atoms with Crippen molar-refractivity contribution in [1.29, 1.82) is 0 Å². The van der Waals surface area contributed by atoms with E-state index in [0.29, 0.717) is 23.7 Å². The number of pyridine rings is 1. The molecule has 0 bridgehead atoms. The predicted octanol–water partition coefficient (Wildman–Crippen LogP) is 2.88. The third kappa shape index (κ3) is 3.17. The topological polar surface area (TPSA) is 51.5 Å². The van der Waals surface area contributed by atoms with Crippen LogP contribution < -0.4 is 10.3 Å². The molecule has 2 aromatic rings. The highest BCUT2D eigenvalue weighted by Gasteiger charge is 2.23. The van der Waals surface area contributed by atoms with Crippen LogP contribution in [0.2, 0.25) is 0 Å². The van der Waals surface area contributed by atoms with Gasteiger partial charge in [0.1, 0.15) is 6.20 Å². The molecule has 1 aromatic heterocycles. The van der Waals surface area contributed by atoms with Crippen LogP contribution in [0.15, 0.2) is 23.0 Å². The second kappa shape index (κ2) is 6.53. The van der Waals surface area contributed by atoms with Gasteiger partial charge in [0, 0.05) is 11.9 Å². The van der Waals surface area contributed by atoms with E-state index >= 15 is 0 Å². The molecule has 0 atom stereocenters. The number of fused-ring (bicyclic) bond motifs is 1. The Balaban J connectivity index is 2.05. The van der Waals surface area contributed by atoms with Gasteiger partial charge in [-0.15, -0.1) is 0 Å². The zero-order chi connectivity index (χ0) is 15.5. The van der Waals surface area contributed by atoms with E-state index in [1.807, 2.05) is 6.07 Å². The fourth-order valence-corrected chi connectivity index (χ4v) is 2.56. The van der Waals surface area contributed by atoms with Crippen molar-refractivity contribution in [1.82, 2.24) is 4.57 Å². The van der Waals surface area contributed by atoms with Gasteiger partial charge in [-0.2, -0.15) is 0 Å². The Labute approximate surface area is 130 Å². The number of hydrogen-bond acceptors (Lipinski definition) is 3. The monoisotopic (exact) mass is 300 g/mol. The number of benzene rings is 1. The van der Waals surface area contributed by atoms with E-state index in [9.17, 15) is 9.90 Å². The molecular formula is C18H22NO3. The van der Waals surface area contributed by atoms with Crippen LogP contribution in [-0.2, 0) is 13.2 Å². The standard InChI is InChI=1S/C18H22NO3/c1-2-3-8-22-17-11-19(10-13-4-5-13)18(21)15-7-6-14(12-20)9-16(15)17/h6-7,9,13,20H,2-5,8,10,12H2,1H3. The fourth-order valence-electron chi connectivity index (χ4n) is 2.56. The smallest absolute Gasteiger partial charge is 0.259 e. The molecule has 0 amide bonds. The lowest BCUT2D eigenvalue weighted by Crippen LogP contribution is -2.22. The zero-order valence-electron chi connectivity index (χ0n) is 13.0. The summed E-state index contributed by atoms with van der Waals surface area (Å²) in [5, 5.41) is 10.7. The first-order chi connectivity index (χ1) is 10.7. The van der Waals surface area contributed by atoms with E-state index in [1.165, 1.54) is 12.8 Å². The van der Waals surface area contributed by atoms with Crippen molar-refractivity contribution in [2.45, 2.75) is 45.8 Å². The maximum Gasteiger partial charge on any atom is 0.259 e. The van der Waals surface area contributed by atoms with Crippen LogP contribution in [0.25, 0.3) is 10.8 Å². The molecule has 1 fully saturated rings. The van der Waals surface area contributed by atoms with Crippen LogP contribution in [0.1, 0.15) is 38.2 Å². The molecule has 22 heavy (non-hydrogen) atoms. The molecule has 1 radical (unpaired) electrons. The molecule has 1 aliphatic carbocycles. The number of hydrogen-bond donors (Lipinski definition) is 1. The van der Waals surface area contributed by atoms with Crippen molar-refractivity contribution >= 4 is 10.8 Å². The molecule has 117 valence electrons. The lowest BCUT2D eigenvalue weighted by molar-refractivity contribution is 0.282. The van der Waals surface area contributed by atoms with Crippen LogP contribution in [0.3, 0.4) is 0 Å². The van der Waals surface area contributed by atoms with E-state index in [0.717, 1.165) is 30.3 Å². The molecule has 1 N–H and O–H groups in total. The van der Waals surface area contributed by atoms with Crippen LogP contribution in [0, 0.1) is 12.1 Å². The van der Waals surface area contributed by atoms with E-state index in [2.05, 4.69) is 13.1 Å². The van der Waals surface area contributed by atoms with Crippen molar-refractivity contribution in [3.63, 3.8) is 0 Å². The molecule has 4 nitrogen and oxygen atoms in total. The predicted molar refractivity (Wildman–Crippen MR) is 86.1 cm³/mol. The average Bonchev–Trinajstić information content (AvgIpc) is 3.35. The Hall–Kier alpha value is -1.81. The molecule has 0 unspecified atom stereocenters. The SMILES string of the molecule is CCCCOc1[c]n(CC2CC2)c(=O)c2ccc(CO)cc12. The van der Waals surface area contributed by atoms with Gasteiger partial charge < -0.3 is 14.4 Å². The first-order valence-electron chi connectivity index (χ1n) is 8.05. The zero-order valence-corrected chi connectivity index (χ0v) is 13.0. The van der Waals surface area contributed by atoms with Crippen molar-refractivity contribution in [2.24, 2.45) is 5.92 Å². The highest BCUT2D eigenvalue weighted by molar-refractivity contribution is 5.87. The highest BCUT2D eigenvalue weighted by atomic mass is 16.5. The minimum atomic E-state index is -0.0461. The van der Waals surface area contributed by atoms with Gasteiger partial charge in [0.15, 0.2) is 5.75 Å². The lowest BCUT2D eigenvalue weighted by Gasteiger charge is -2.13. The van der Waals surface area contributed by atoms with Gasteiger partial charge in [-0.3, -0.25) is 4.79 Å². The van der Waals surface area contributed by atoms with E-state index < -0.39 is 0 Å². The first-order valence-corrected chi connectivity index (χ1v) is 8.05. The van der Waals surface area contributed by atoms with E-state index in [-0.39, 0.29) is 12.2 Å². The Morgan fingerprint density at radius 2 is 2.18 bits per heavy atom. The Kier molecular flexibility index (Phi) is 4.48. The number of rotatable bonds is 7. The summed E-state index contributed by atoms with van der Waals surface area (Å²) in [5.41, 5.74) is 0.759. The van der Waals surface area contributed by atoms with Gasteiger partial charge in [-0.1, -0.05) is 19.4 Å². The summed E-state index contributed by atoms with van der Waals surface area (Å²) in [4.78, 5) is 12.6. The second-order valence-corrected chi connectivity index (χ2v) is 6.04. The molecule has 1 saturated carbocycles. The van der Waals surface area contributed by atoms with Crippen LogP contribution >= 0.6 is 0 Å². The van der Waals surface area contributed by atoms with Gasteiger partial charge in [0.05, 0.1) is 18.6 Å². The summed E-state index contributed by atoms with van der Waals surface area (Å²) in [6.45, 7) is 3.41. The molecule has 0 spiro atoms. The van der Waals surface area contributed by atoms with Crippen LogP contribution in [0.5, 0.6) is 5.75 Å². The van der Waals surface area contributed by atoms with Crippen LogP contribution in [-0.4, -0.2) is 16.3 Å². The van der Waals surface area contributed by atoms with Gasteiger partial charge in [-0.05, 0) is 42.9 Å². The summed E-state index contributed by atoms with van der Waals surface area (Å²) in [6, 6.07) is 5.41. The molecule has 0 aliphatic heterocycles. The number of aliphatic hydroxyl groups is 1. The lowest BCUT2D eigenvalue weighted by atomic mass is 10.1. The Morgan fingerprint density at radius 1 is 1.36 bits per heavy atom. The third-order valence-corrected chi connectivity index (χ3v) is 4.11. The summed E-state index contributed by atoms with van der Waals surface area (Å²) < 4.78 is 7.53. The van der Waals surface area contributed by atoms with Crippen molar-refractivity contribution < 1.29 is 9.84 Å². The number of nitrogens with zero attached hydrogens (tertiary/aromatic N) is 1.